The van der Waals surface area contributed by atoms with Gasteiger partial charge in [-0.1, -0.05) is 44.2 Å². The van der Waals surface area contributed by atoms with Gasteiger partial charge in [-0.05, 0) is 72.6 Å². The summed E-state index contributed by atoms with van der Waals surface area (Å²) in [5, 5.41) is 15.3. The largest absolute Gasteiger partial charge is 0.481 e. The standard InChI is InChI=1S/C29H30FN3O3/c1-3-33(4-2)18-20-8-12-23(13-9-20)31-28(21-7-5-6-19(16-21)10-15-26(34)35)27-24-14-11-22(30)17-25(24)32-29(27)36/h5-9,11-14,16-17,31H,3-4,10,15,18H2,1-2H3,(H,32,36)(H,34,35). The Bertz CT molecular complexity index is 1300. The van der Waals surface area contributed by atoms with Crippen molar-refractivity contribution in [3.8, 4) is 0 Å². The second-order valence-electron chi connectivity index (χ2n) is 8.77. The average Bonchev–Trinajstić information content (AvgIpc) is 3.20. The molecule has 0 spiro atoms. The molecule has 0 saturated heterocycles. The number of anilines is 2. The van der Waals surface area contributed by atoms with Crippen molar-refractivity contribution in [1.29, 1.82) is 0 Å². The van der Waals surface area contributed by atoms with Gasteiger partial charge in [0.15, 0.2) is 0 Å². The van der Waals surface area contributed by atoms with Crippen LogP contribution >= 0.6 is 0 Å². The zero-order valence-corrected chi connectivity index (χ0v) is 20.5. The molecular formula is C29H30FN3O3. The number of halogens is 1. The first-order valence-corrected chi connectivity index (χ1v) is 12.1. The van der Waals surface area contributed by atoms with Gasteiger partial charge >= 0.3 is 5.97 Å². The number of fused-ring (bicyclic) bond motifs is 1. The summed E-state index contributed by atoms with van der Waals surface area (Å²) < 4.78 is 13.8. The van der Waals surface area contributed by atoms with Crippen molar-refractivity contribution in [2.45, 2.75) is 33.2 Å². The molecule has 3 N–H and O–H groups in total. The minimum atomic E-state index is -0.868. The van der Waals surface area contributed by atoms with Crippen LogP contribution in [0.25, 0.3) is 11.3 Å². The van der Waals surface area contributed by atoms with E-state index >= 15 is 0 Å². The highest BCUT2D eigenvalue weighted by atomic mass is 19.1. The van der Waals surface area contributed by atoms with Crippen molar-refractivity contribution in [3.63, 3.8) is 0 Å². The lowest BCUT2D eigenvalue weighted by molar-refractivity contribution is -0.137. The highest BCUT2D eigenvalue weighted by molar-refractivity contribution is 6.37. The van der Waals surface area contributed by atoms with Crippen LogP contribution in [0.4, 0.5) is 15.8 Å². The molecule has 0 unspecified atom stereocenters. The van der Waals surface area contributed by atoms with Crippen molar-refractivity contribution in [2.24, 2.45) is 0 Å². The van der Waals surface area contributed by atoms with Gasteiger partial charge in [-0.15, -0.1) is 0 Å². The van der Waals surface area contributed by atoms with Gasteiger partial charge < -0.3 is 15.7 Å². The van der Waals surface area contributed by atoms with E-state index in [9.17, 15) is 14.0 Å². The van der Waals surface area contributed by atoms with Crippen molar-refractivity contribution in [3.05, 3.63) is 94.8 Å². The number of aliphatic carboxylic acids is 1. The summed E-state index contributed by atoms with van der Waals surface area (Å²) in [5.74, 6) is -1.62. The lowest BCUT2D eigenvalue weighted by Crippen LogP contribution is -2.22. The molecule has 0 radical (unpaired) electrons. The average molecular weight is 488 g/mol. The third-order valence-corrected chi connectivity index (χ3v) is 6.34. The molecule has 0 aliphatic carbocycles. The lowest BCUT2D eigenvalue weighted by atomic mass is 9.97. The summed E-state index contributed by atoms with van der Waals surface area (Å²) in [6.45, 7) is 7.08. The van der Waals surface area contributed by atoms with E-state index in [1.165, 1.54) is 17.7 Å². The maximum atomic E-state index is 13.8. The van der Waals surface area contributed by atoms with Gasteiger partial charge in [0.05, 0.1) is 17.0 Å². The van der Waals surface area contributed by atoms with Crippen molar-refractivity contribution < 1.29 is 19.1 Å². The van der Waals surface area contributed by atoms with Gasteiger partial charge in [0.1, 0.15) is 5.82 Å². The first-order valence-electron chi connectivity index (χ1n) is 12.1. The predicted molar refractivity (Wildman–Crippen MR) is 141 cm³/mol. The lowest BCUT2D eigenvalue weighted by Gasteiger charge is -2.19. The monoisotopic (exact) mass is 487 g/mol. The summed E-state index contributed by atoms with van der Waals surface area (Å²) in [6.07, 6.45) is 0.388. The number of hydrogen-bond acceptors (Lipinski definition) is 4. The molecule has 3 aromatic carbocycles. The molecule has 1 amide bonds. The molecule has 0 aromatic heterocycles. The highest BCUT2D eigenvalue weighted by Crippen LogP contribution is 2.38. The minimum Gasteiger partial charge on any atom is -0.481 e. The summed E-state index contributed by atoms with van der Waals surface area (Å²) in [6, 6.07) is 19.8. The summed E-state index contributed by atoms with van der Waals surface area (Å²) in [7, 11) is 0. The second-order valence-corrected chi connectivity index (χ2v) is 8.77. The SMILES string of the molecule is CCN(CC)Cc1ccc(NC(=C2C(=O)Nc3cc(F)ccc32)c2cccc(CCC(=O)O)c2)cc1. The molecule has 186 valence electrons. The van der Waals surface area contributed by atoms with Crippen LogP contribution in [0.3, 0.4) is 0 Å². The Hall–Kier alpha value is -3.97. The Morgan fingerprint density at radius 2 is 1.75 bits per heavy atom. The van der Waals surface area contributed by atoms with Gasteiger partial charge in [-0.25, -0.2) is 4.39 Å². The summed E-state index contributed by atoms with van der Waals surface area (Å²) >= 11 is 0. The van der Waals surface area contributed by atoms with Crippen molar-refractivity contribution >= 4 is 34.5 Å². The van der Waals surface area contributed by atoms with Gasteiger partial charge in [-0.3, -0.25) is 14.5 Å². The zero-order chi connectivity index (χ0) is 25.7. The molecule has 7 heteroatoms. The number of aryl methyl sites for hydroxylation is 1. The first kappa shape index (κ1) is 25.1. The van der Waals surface area contributed by atoms with E-state index in [1.54, 1.807) is 6.07 Å². The van der Waals surface area contributed by atoms with Crippen LogP contribution in [0.15, 0.2) is 66.7 Å². The highest BCUT2D eigenvalue weighted by Gasteiger charge is 2.29. The van der Waals surface area contributed by atoms with Gasteiger partial charge in [0.2, 0.25) is 0 Å². The molecule has 36 heavy (non-hydrogen) atoms. The molecule has 4 rings (SSSR count). The smallest absolute Gasteiger partial charge is 0.303 e. The number of carboxylic acids is 1. The van der Waals surface area contributed by atoms with Crippen LogP contribution in [-0.4, -0.2) is 35.0 Å². The van der Waals surface area contributed by atoms with Crippen molar-refractivity contribution in [2.75, 3.05) is 23.7 Å². The number of carbonyl (C=O) groups excluding carboxylic acids is 1. The maximum absolute atomic E-state index is 13.8. The van der Waals surface area contributed by atoms with E-state index in [4.69, 9.17) is 5.11 Å². The maximum Gasteiger partial charge on any atom is 0.303 e. The Balaban J connectivity index is 1.74. The number of carbonyl (C=O) groups is 2. The van der Waals surface area contributed by atoms with Crippen molar-refractivity contribution in [1.82, 2.24) is 4.90 Å². The molecule has 6 nitrogen and oxygen atoms in total. The third-order valence-electron chi connectivity index (χ3n) is 6.34. The van der Waals surface area contributed by atoms with E-state index < -0.39 is 11.8 Å². The number of nitrogens with zero attached hydrogens (tertiary/aromatic N) is 1. The second kappa shape index (κ2) is 11.2. The fraction of sp³-hybridized carbons (Fsp3) is 0.241. The van der Waals surface area contributed by atoms with Crippen LogP contribution in [0.1, 0.15) is 42.5 Å². The number of benzene rings is 3. The van der Waals surface area contributed by atoms with Gasteiger partial charge in [0, 0.05) is 24.2 Å². The molecular weight excluding hydrogens is 457 g/mol. The van der Waals surface area contributed by atoms with E-state index in [0.717, 1.165) is 36.4 Å². The molecule has 1 heterocycles. The van der Waals surface area contributed by atoms with Crippen LogP contribution in [-0.2, 0) is 22.6 Å². The number of rotatable bonds is 10. The molecule has 0 atom stereocenters. The van der Waals surface area contributed by atoms with E-state index in [1.807, 2.05) is 36.4 Å². The van der Waals surface area contributed by atoms with E-state index in [0.29, 0.717) is 28.9 Å². The third kappa shape index (κ3) is 5.80. The molecule has 3 aromatic rings. The normalized spacial score (nSPS) is 13.9. The van der Waals surface area contributed by atoms with E-state index in [-0.39, 0.29) is 12.3 Å². The fourth-order valence-corrected chi connectivity index (χ4v) is 4.35. The first-order chi connectivity index (χ1) is 17.4. The number of carboxylic acid groups (broad SMARTS) is 1. The Morgan fingerprint density at radius 1 is 1.00 bits per heavy atom. The Morgan fingerprint density at radius 3 is 2.44 bits per heavy atom. The summed E-state index contributed by atoms with van der Waals surface area (Å²) in [5.41, 5.74) is 5.60. The molecule has 0 fully saturated rings. The Labute approximate surface area is 210 Å². The van der Waals surface area contributed by atoms with E-state index in [2.05, 4.69) is 41.5 Å². The van der Waals surface area contributed by atoms with Crippen LogP contribution in [0.2, 0.25) is 0 Å². The molecule has 1 aliphatic rings. The van der Waals surface area contributed by atoms with Crippen LogP contribution < -0.4 is 10.6 Å². The van der Waals surface area contributed by atoms with Gasteiger partial charge in [-0.2, -0.15) is 0 Å². The number of hydrogen-bond donors (Lipinski definition) is 3. The van der Waals surface area contributed by atoms with Gasteiger partial charge in [0.25, 0.3) is 5.91 Å². The van der Waals surface area contributed by atoms with Crippen LogP contribution in [0.5, 0.6) is 0 Å². The predicted octanol–water partition coefficient (Wildman–Crippen LogP) is 5.62. The van der Waals surface area contributed by atoms with Crippen LogP contribution in [0, 0.1) is 5.82 Å². The molecule has 1 aliphatic heterocycles. The quantitative estimate of drug-likeness (QED) is 0.324. The Kier molecular flexibility index (Phi) is 7.80. The fourth-order valence-electron chi connectivity index (χ4n) is 4.35. The summed E-state index contributed by atoms with van der Waals surface area (Å²) in [4.78, 5) is 26.5. The zero-order valence-electron chi connectivity index (χ0n) is 20.5. The minimum absolute atomic E-state index is 0.0133. The molecule has 0 bridgehead atoms. The number of amides is 1. The number of nitrogens with one attached hydrogen (secondary N) is 2. The topological polar surface area (TPSA) is 81.7 Å². The molecule has 0 saturated carbocycles.